The minimum absolute atomic E-state index is 0.281. The first-order valence-electron chi connectivity index (χ1n) is 5.17. The number of hydrogen-bond acceptors (Lipinski definition) is 4. The number of esters is 1. The van der Waals surface area contributed by atoms with Crippen LogP contribution < -0.4 is 0 Å². The van der Waals surface area contributed by atoms with Crippen LogP contribution in [0.1, 0.15) is 9.67 Å². The minimum Gasteiger partial charge on any atom is -0.465 e. The number of benzene rings is 1. The zero-order chi connectivity index (χ0) is 13.1. The lowest BCUT2D eigenvalue weighted by molar-refractivity contribution is 0.0606. The molecule has 0 aliphatic rings. The number of carbonyl (C=O) groups excluding carboxylic acids is 1. The van der Waals surface area contributed by atoms with Crippen LogP contribution in [0.25, 0.3) is 11.1 Å². The van der Waals surface area contributed by atoms with Crippen molar-refractivity contribution >= 4 is 45.0 Å². The summed E-state index contributed by atoms with van der Waals surface area (Å²) in [6.07, 6.45) is 2.01. The van der Waals surface area contributed by atoms with Crippen LogP contribution in [0.3, 0.4) is 0 Å². The second kappa shape index (κ2) is 5.91. The molecule has 0 radical (unpaired) electrons. The fourth-order valence-corrected chi connectivity index (χ4v) is 3.81. The summed E-state index contributed by atoms with van der Waals surface area (Å²) in [4.78, 5) is 12.2. The molecule has 2 nitrogen and oxygen atoms in total. The van der Waals surface area contributed by atoms with Gasteiger partial charge in [0.25, 0.3) is 0 Å². The molecular weight excluding hydrogens is 332 g/mol. The van der Waals surface area contributed by atoms with Crippen LogP contribution in [0.15, 0.2) is 39.0 Å². The molecule has 0 atom stereocenters. The van der Waals surface area contributed by atoms with E-state index < -0.39 is 0 Å². The van der Waals surface area contributed by atoms with Gasteiger partial charge in [0.05, 0.1) is 11.3 Å². The van der Waals surface area contributed by atoms with Gasteiger partial charge in [0.2, 0.25) is 0 Å². The molecule has 0 amide bonds. The van der Waals surface area contributed by atoms with Crippen molar-refractivity contribution in [2.75, 3.05) is 13.4 Å². The van der Waals surface area contributed by atoms with Gasteiger partial charge in [-0.05, 0) is 30.0 Å². The first-order valence-corrected chi connectivity index (χ1v) is 8.01. The average molecular weight is 343 g/mol. The van der Waals surface area contributed by atoms with Crippen molar-refractivity contribution in [2.24, 2.45) is 0 Å². The smallest absolute Gasteiger partial charge is 0.348 e. The van der Waals surface area contributed by atoms with E-state index in [0.29, 0.717) is 4.88 Å². The lowest BCUT2D eigenvalue weighted by Gasteiger charge is -2.01. The van der Waals surface area contributed by atoms with Gasteiger partial charge in [0, 0.05) is 10.0 Å². The van der Waals surface area contributed by atoms with E-state index in [1.807, 2.05) is 36.6 Å². The Morgan fingerprint density at radius 2 is 2.17 bits per heavy atom. The number of thioether (sulfide) groups is 1. The van der Waals surface area contributed by atoms with Gasteiger partial charge in [-0.1, -0.05) is 28.1 Å². The topological polar surface area (TPSA) is 26.3 Å². The van der Waals surface area contributed by atoms with Gasteiger partial charge in [-0.25, -0.2) is 4.79 Å². The van der Waals surface area contributed by atoms with Gasteiger partial charge in [-0.2, -0.15) is 0 Å². The quantitative estimate of drug-likeness (QED) is 0.598. The molecule has 1 heterocycles. The largest absolute Gasteiger partial charge is 0.465 e. The highest BCUT2D eigenvalue weighted by atomic mass is 79.9. The molecule has 0 fully saturated rings. The molecule has 1 aromatic heterocycles. The molecule has 0 bridgehead atoms. The van der Waals surface area contributed by atoms with Gasteiger partial charge >= 0.3 is 5.97 Å². The maximum absolute atomic E-state index is 11.6. The normalized spacial score (nSPS) is 10.4. The molecule has 2 rings (SSSR count). The summed E-state index contributed by atoms with van der Waals surface area (Å²) in [6.45, 7) is 0. The van der Waals surface area contributed by atoms with Crippen LogP contribution in [-0.4, -0.2) is 19.3 Å². The third kappa shape index (κ3) is 2.79. The van der Waals surface area contributed by atoms with E-state index >= 15 is 0 Å². The molecule has 1 aromatic carbocycles. The fourth-order valence-electron chi connectivity index (χ4n) is 1.58. The summed E-state index contributed by atoms with van der Waals surface area (Å²) < 4.78 is 6.91. The highest BCUT2D eigenvalue weighted by Crippen LogP contribution is 2.38. The molecule has 94 valence electrons. The van der Waals surface area contributed by atoms with E-state index in [1.54, 1.807) is 11.8 Å². The second-order valence-electron chi connectivity index (χ2n) is 3.52. The number of methoxy groups -OCH3 is 1. The molecule has 0 saturated carbocycles. The van der Waals surface area contributed by atoms with Gasteiger partial charge in [0.1, 0.15) is 4.88 Å². The Hall–Kier alpha value is -0.780. The lowest BCUT2D eigenvalue weighted by atomic mass is 10.1. The number of hydrogen-bond donors (Lipinski definition) is 0. The van der Waals surface area contributed by atoms with E-state index in [4.69, 9.17) is 4.74 Å². The molecule has 18 heavy (non-hydrogen) atoms. The van der Waals surface area contributed by atoms with Crippen molar-refractivity contribution in [1.29, 1.82) is 0 Å². The summed E-state index contributed by atoms with van der Waals surface area (Å²) >= 11 is 6.57. The average Bonchev–Trinajstić information content (AvgIpc) is 2.82. The third-order valence-electron chi connectivity index (χ3n) is 2.41. The number of carbonyl (C=O) groups is 1. The zero-order valence-corrected chi connectivity index (χ0v) is 13.1. The molecular formula is C13H11BrO2S2. The van der Waals surface area contributed by atoms with Crippen molar-refractivity contribution in [2.45, 2.75) is 4.21 Å². The molecule has 5 heteroatoms. The van der Waals surface area contributed by atoms with Gasteiger partial charge in [-0.3, -0.25) is 0 Å². The van der Waals surface area contributed by atoms with E-state index in [1.165, 1.54) is 18.4 Å². The van der Waals surface area contributed by atoms with Crippen molar-refractivity contribution in [3.05, 3.63) is 39.7 Å². The lowest BCUT2D eigenvalue weighted by Crippen LogP contribution is -1.96. The Kier molecular flexibility index (Phi) is 4.48. The summed E-state index contributed by atoms with van der Waals surface area (Å²) in [5, 5.41) is 0. The third-order valence-corrected chi connectivity index (χ3v) is 5.15. The SMILES string of the molecule is COC(=O)c1cc(-c2cccc(Br)c2)c(SC)s1. The number of thiophene rings is 1. The Labute approximate surface area is 122 Å². The highest BCUT2D eigenvalue weighted by molar-refractivity contribution is 9.10. The molecule has 2 aromatic rings. The summed E-state index contributed by atoms with van der Waals surface area (Å²) in [7, 11) is 1.40. The van der Waals surface area contributed by atoms with Gasteiger partial charge in [0.15, 0.2) is 0 Å². The molecule has 0 unspecified atom stereocenters. The zero-order valence-electron chi connectivity index (χ0n) is 9.90. The highest BCUT2D eigenvalue weighted by Gasteiger charge is 2.15. The molecule has 0 N–H and O–H groups in total. The Bertz CT molecular complexity index is 578. The van der Waals surface area contributed by atoms with E-state index in [0.717, 1.165) is 19.8 Å². The van der Waals surface area contributed by atoms with Crippen molar-refractivity contribution < 1.29 is 9.53 Å². The number of ether oxygens (including phenoxy) is 1. The summed E-state index contributed by atoms with van der Waals surface area (Å²) in [5.74, 6) is -0.281. The van der Waals surface area contributed by atoms with E-state index in [-0.39, 0.29) is 5.97 Å². The predicted octanol–water partition coefficient (Wildman–Crippen LogP) is 4.69. The Morgan fingerprint density at radius 1 is 1.39 bits per heavy atom. The van der Waals surface area contributed by atoms with Gasteiger partial charge < -0.3 is 4.74 Å². The van der Waals surface area contributed by atoms with E-state index in [2.05, 4.69) is 15.9 Å². The maximum Gasteiger partial charge on any atom is 0.348 e. The first-order chi connectivity index (χ1) is 8.65. The molecule has 0 spiro atoms. The second-order valence-corrected chi connectivity index (χ2v) is 6.56. The van der Waals surface area contributed by atoms with Crippen LogP contribution in [-0.2, 0) is 4.74 Å². The van der Waals surface area contributed by atoms with Crippen LogP contribution in [0.2, 0.25) is 0 Å². The molecule has 0 aliphatic carbocycles. The monoisotopic (exact) mass is 342 g/mol. The van der Waals surface area contributed by atoms with Crippen LogP contribution in [0.4, 0.5) is 0 Å². The standard InChI is InChI=1S/C13H11BrO2S2/c1-16-12(15)11-7-10(13(17-2)18-11)8-4-3-5-9(14)6-8/h3-7H,1-2H3. The summed E-state index contributed by atoms with van der Waals surface area (Å²) in [6, 6.07) is 9.94. The van der Waals surface area contributed by atoms with Gasteiger partial charge in [-0.15, -0.1) is 23.1 Å². The Morgan fingerprint density at radius 3 is 2.78 bits per heavy atom. The van der Waals surface area contributed by atoms with Crippen molar-refractivity contribution in [3.63, 3.8) is 0 Å². The van der Waals surface area contributed by atoms with E-state index in [9.17, 15) is 4.79 Å². The van der Waals surface area contributed by atoms with Crippen LogP contribution in [0, 0.1) is 0 Å². The molecule has 0 saturated heterocycles. The fraction of sp³-hybridized carbons (Fsp3) is 0.154. The van der Waals surface area contributed by atoms with Crippen LogP contribution >= 0.6 is 39.0 Å². The minimum atomic E-state index is -0.281. The maximum atomic E-state index is 11.6. The van der Waals surface area contributed by atoms with Crippen LogP contribution in [0.5, 0.6) is 0 Å². The number of halogens is 1. The first kappa shape index (κ1) is 13.6. The summed E-state index contributed by atoms with van der Waals surface area (Å²) in [5.41, 5.74) is 2.18. The van der Waals surface area contributed by atoms with Crippen molar-refractivity contribution in [3.8, 4) is 11.1 Å². The molecule has 0 aliphatic heterocycles. The Balaban J connectivity index is 2.50. The van der Waals surface area contributed by atoms with Crippen molar-refractivity contribution in [1.82, 2.24) is 0 Å². The predicted molar refractivity (Wildman–Crippen MR) is 80.6 cm³/mol. The number of rotatable bonds is 3.